The number of nitrogens with zero attached hydrogens (tertiary/aromatic N) is 1. The maximum absolute atomic E-state index is 13.3. The summed E-state index contributed by atoms with van der Waals surface area (Å²) in [5.74, 6) is -0.266. The van der Waals surface area contributed by atoms with E-state index in [1.54, 1.807) is 12.3 Å². The summed E-state index contributed by atoms with van der Waals surface area (Å²) in [5, 5.41) is 4.00. The quantitative estimate of drug-likeness (QED) is 0.730. The number of nitrogens with one attached hydrogen (secondary N) is 1. The van der Waals surface area contributed by atoms with Gasteiger partial charge in [-0.25, -0.2) is 4.39 Å². The van der Waals surface area contributed by atoms with Gasteiger partial charge in [-0.2, -0.15) is 0 Å². The van der Waals surface area contributed by atoms with Crippen LogP contribution in [0.5, 0.6) is 0 Å². The normalized spacial score (nSPS) is 10.5. The van der Waals surface area contributed by atoms with Crippen molar-refractivity contribution in [3.05, 3.63) is 66.6 Å². The topological polar surface area (TPSA) is 24.9 Å². The molecule has 0 aliphatic carbocycles. The van der Waals surface area contributed by atoms with Crippen LogP contribution in [0.15, 0.2) is 54.7 Å². The minimum absolute atomic E-state index is 0.266. The van der Waals surface area contributed by atoms with Crippen LogP contribution in [-0.2, 0) is 0 Å². The lowest BCUT2D eigenvalue weighted by Crippen LogP contribution is -1.92. The molecular weight excluding hydrogens is 227 g/mol. The van der Waals surface area contributed by atoms with E-state index in [-0.39, 0.29) is 5.82 Å². The third-order valence-electron chi connectivity index (χ3n) is 2.69. The van der Waals surface area contributed by atoms with E-state index >= 15 is 0 Å². The van der Waals surface area contributed by atoms with Crippen molar-refractivity contribution in [3.63, 3.8) is 0 Å². The van der Waals surface area contributed by atoms with Crippen LogP contribution in [0.25, 0.3) is 10.9 Å². The lowest BCUT2D eigenvalue weighted by Gasteiger charge is -2.09. The van der Waals surface area contributed by atoms with E-state index in [0.717, 1.165) is 22.3 Å². The summed E-state index contributed by atoms with van der Waals surface area (Å²) in [6.07, 6.45) is 1.70. The van der Waals surface area contributed by atoms with Crippen molar-refractivity contribution in [1.82, 2.24) is 4.98 Å². The van der Waals surface area contributed by atoms with Crippen LogP contribution < -0.4 is 5.32 Å². The van der Waals surface area contributed by atoms with Gasteiger partial charge in [-0.3, -0.25) is 4.98 Å². The lowest BCUT2D eigenvalue weighted by molar-refractivity contribution is 0.629. The minimum atomic E-state index is -0.266. The molecule has 0 aliphatic rings. The standard InChI is InChI=1S/C15H10FN2/c16-11-6-7-14-13(10-11)15(8-9-17-14)18-12-4-2-1-3-5-12/h1-2,4-10H,(H,17,18). The molecule has 3 rings (SSSR count). The number of hydrogen-bond donors (Lipinski definition) is 1. The van der Waals surface area contributed by atoms with Crippen molar-refractivity contribution in [2.45, 2.75) is 0 Å². The third-order valence-corrected chi connectivity index (χ3v) is 2.69. The van der Waals surface area contributed by atoms with Crippen LogP contribution in [0.4, 0.5) is 15.8 Å². The first-order valence-corrected chi connectivity index (χ1v) is 5.60. The molecule has 0 bridgehead atoms. The molecule has 2 aromatic carbocycles. The molecule has 1 heterocycles. The molecule has 0 spiro atoms. The summed E-state index contributed by atoms with van der Waals surface area (Å²) in [6, 6.07) is 16.9. The van der Waals surface area contributed by atoms with Gasteiger partial charge in [0.05, 0.1) is 5.52 Å². The highest BCUT2D eigenvalue weighted by Crippen LogP contribution is 2.25. The molecule has 1 N–H and O–H groups in total. The fourth-order valence-corrected chi connectivity index (χ4v) is 1.85. The van der Waals surface area contributed by atoms with E-state index < -0.39 is 0 Å². The fourth-order valence-electron chi connectivity index (χ4n) is 1.85. The Bertz CT molecular complexity index is 680. The maximum atomic E-state index is 13.3. The van der Waals surface area contributed by atoms with Crippen molar-refractivity contribution >= 4 is 22.3 Å². The van der Waals surface area contributed by atoms with E-state index in [9.17, 15) is 4.39 Å². The Labute approximate surface area is 104 Å². The Kier molecular flexibility index (Phi) is 2.65. The first-order chi connectivity index (χ1) is 8.83. The van der Waals surface area contributed by atoms with Gasteiger partial charge < -0.3 is 5.32 Å². The Morgan fingerprint density at radius 2 is 2.11 bits per heavy atom. The van der Waals surface area contributed by atoms with Crippen molar-refractivity contribution in [1.29, 1.82) is 0 Å². The van der Waals surface area contributed by atoms with Gasteiger partial charge >= 0.3 is 0 Å². The molecule has 87 valence electrons. The summed E-state index contributed by atoms with van der Waals surface area (Å²) in [5.41, 5.74) is 2.51. The summed E-state index contributed by atoms with van der Waals surface area (Å²) < 4.78 is 13.3. The maximum Gasteiger partial charge on any atom is 0.124 e. The molecule has 3 heteroatoms. The van der Waals surface area contributed by atoms with Gasteiger partial charge in [0.15, 0.2) is 0 Å². The van der Waals surface area contributed by atoms with Gasteiger partial charge in [-0.15, -0.1) is 0 Å². The summed E-state index contributed by atoms with van der Waals surface area (Å²) in [4.78, 5) is 4.21. The second kappa shape index (κ2) is 4.45. The number of aromatic nitrogens is 1. The Morgan fingerprint density at radius 1 is 1.17 bits per heavy atom. The molecular formula is C15H10FN2. The molecule has 0 amide bonds. The first kappa shape index (κ1) is 10.7. The van der Waals surface area contributed by atoms with Crippen LogP contribution in [0.3, 0.4) is 0 Å². The zero-order chi connectivity index (χ0) is 12.4. The highest BCUT2D eigenvalue weighted by atomic mass is 19.1. The van der Waals surface area contributed by atoms with E-state index in [0.29, 0.717) is 0 Å². The monoisotopic (exact) mass is 237 g/mol. The molecule has 1 aromatic heterocycles. The number of anilines is 2. The van der Waals surface area contributed by atoms with E-state index in [1.807, 2.05) is 30.3 Å². The number of pyridine rings is 1. The number of fused-ring (bicyclic) bond motifs is 1. The highest BCUT2D eigenvalue weighted by Gasteiger charge is 2.03. The lowest BCUT2D eigenvalue weighted by atomic mass is 10.1. The van der Waals surface area contributed by atoms with Crippen molar-refractivity contribution < 1.29 is 4.39 Å². The Morgan fingerprint density at radius 3 is 2.94 bits per heavy atom. The van der Waals surface area contributed by atoms with E-state index in [4.69, 9.17) is 0 Å². The first-order valence-electron chi connectivity index (χ1n) is 5.60. The van der Waals surface area contributed by atoms with Crippen molar-refractivity contribution in [3.8, 4) is 0 Å². The van der Waals surface area contributed by atoms with E-state index in [1.165, 1.54) is 12.1 Å². The molecule has 0 atom stereocenters. The number of benzene rings is 2. The molecule has 0 saturated heterocycles. The number of rotatable bonds is 2. The number of hydrogen-bond acceptors (Lipinski definition) is 2. The second-order valence-electron chi connectivity index (χ2n) is 3.94. The molecule has 2 nitrogen and oxygen atoms in total. The highest BCUT2D eigenvalue weighted by molar-refractivity contribution is 5.92. The number of halogens is 1. The van der Waals surface area contributed by atoms with Gasteiger partial charge in [-0.1, -0.05) is 12.1 Å². The van der Waals surface area contributed by atoms with Gasteiger partial charge in [0, 0.05) is 23.0 Å². The molecule has 3 aromatic rings. The molecule has 18 heavy (non-hydrogen) atoms. The van der Waals surface area contributed by atoms with Crippen LogP contribution >= 0.6 is 0 Å². The largest absolute Gasteiger partial charge is 0.355 e. The van der Waals surface area contributed by atoms with Crippen LogP contribution in [0.1, 0.15) is 0 Å². The molecule has 0 saturated carbocycles. The average molecular weight is 237 g/mol. The zero-order valence-electron chi connectivity index (χ0n) is 9.52. The van der Waals surface area contributed by atoms with Gasteiger partial charge in [0.1, 0.15) is 5.82 Å². The minimum Gasteiger partial charge on any atom is -0.355 e. The fraction of sp³-hybridized carbons (Fsp3) is 0. The third kappa shape index (κ3) is 2.02. The van der Waals surface area contributed by atoms with Crippen LogP contribution in [0.2, 0.25) is 0 Å². The zero-order valence-corrected chi connectivity index (χ0v) is 9.52. The van der Waals surface area contributed by atoms with Crippen molar-refractivity contribution in [2.75, 3.05) is 5.32 Å². The SMILES string of the molecule is Fc1ccc2nccc(Nc3c[c]ccc3)c2c1. The summed E-state index contributed by atoms with van der Waals surface area (Å²) in [7, 11) is 0. The summed E-state index contributed by atoms with van der Waals surface area (Å²) >= 11 is 0. The van der Waals surface area contributed by atoms with Gasteiger partial charge in [0.2, 0.25) is 0 Å². The molecule has 1 radical (unpaired) electrons. The average Bonchev–Trinajstić information content (AvgIpc) is 2.41. The molecule has 0 aliphatic heterocycles. The predicted molar refractivity (Wildman–Crippen MR) is 70.3 cm³/mol. The predicted octanol–water partition coefficient (Wildman–Crippen LogP) is 3.92. The van der Waals surface area contributed by atoms with Crippen LogP contribution in [-0.4, -0.2) is 4.98 Å². The van der Waals surface area contributed by atoms with Crippen molar-refractivity contribution in [2.24, 2.45) is 0 Å². The molecule has 0 fully saturated rings. The Balaban J connectivity index is 2.09. The van der Waals surface area contributed by atoms with E-state index in [2.05, 4.69) is 16.4 Å². The molecule has 0 unspecified atom stereocenters. The second-order valence-corrected chi connectivity index (χ2v) is 3.94. The van der Waals surface area contributed by atoms with Gasteiger partial charge in [0.25, 0.3) is 0 Å². The van der Waals surface area contributed by atoms with Gasteiger partial charge in [-0.05, 0) is 42.5 Å². The van der Waals surface area contributed by atoms with Crippen LogP contribution in [0, 0.1) is 11.9 Å². The summed E-state index contributed by atoms with van der Waals surface area (Å²) in [6.45, 7) is 0. The Hall–Kier alpha value is -2.42. The smallest absolute Gasteiger partial charge is 0.124 e.